The second-order valence-corrected chi connectivity index (χ2v) is 8.12. The molecular weight excluding hydrogens is 348 g/mol. The number of benzene rings is 2. The van der Waals surface area contributed by atoms with Gasteiger partial charge < -0.3 is 0 Å². The molecule has 0 atom stereocenters. The van der Waals surface area contributed by atoms with Gasteiger partial charge in [0.2, 0.25) is 4.96 Å². The van der Waals surface area contributed by atoms with Gasteiger partial charge in [0.15, 0.2) is 5.82 Å². The summed E-state index contributed by atoms with van der Waals surface area (Å²) in [4.78, 5) is 2.21. The Kier molecular flexibility index (Phi) is 4.55. The van der Waals surface area contributed by atoms with E-state index in [9.17, 15) is 0 Å². The highest BCUT2D eigenvalue weighted by Crippen LogP contribution is 2.26. The van der Waals surface area contributed by atoms with Gasteiger partial charge in [-0.1, -0.05) is 59.4 Å². The Bertz CT molecular complexity index is 1000. The summed E-state index contributed by atoms with van der Waals surface area (Å²) in [6.07, 6.45) is 0.931. The number of nitrogens with zero attached hydrogens (tertiary/aromatic N) is 4. The van der Waals surface area contributed by atoms with Crippen molar-refractivity contribution < 1.29 is 0 Å². The van der Waals surface area contributed by atoms with Gasteiger partial charge in [-0.3, -0.25) is 0 Å². The Morgan fingerprint density at radius 2 is 1.88 bits per heavy atom. The molecule has 0 spiro atoms. The lowest BCUT2D eigenvalue weighted by Crippen LogP contribution is -1.94. The van der Waals surface area contributed by atoms with E-state index in [0.717, 1.165) is 33.5 Å². The van der Waals surface area contributed by atoms with Crippen LogP contribution in [0.2, 0.25) is 0 Å². The average Bonchev–Trinajstić information content (AvgIpc) is 3.19. The van der Waals surface area contributed by atoms with Gasteiger partial charge in [0.1, 0.15) is 5.01 Å². The van der Waals surface area contributed by atoms with E-state index in [4.69, 9.17) is 5.10 Å². The molecule has 0 radical (unpaired) electrons. The molecule has 0 aliphatic rings. The number of aryl methyl sites for hydroxylation is 3. The van der Waals surface area contributed by atoms with Crippen molar-refractivity contribution in [3.63, 3.8) is 0 Å². The maximum Gasteiger partial charge on any atom is 0.234 e. The van der Waals surface area contributed by atoms with Crippen LogP contribution in [0.25, 0.3) is 16.3 Å². The van der Waals surface area contributed by atoms with Crippen LogP contribution < -0.4 is 0 Å². The van der Waals surface area contributed by atoms with Crippen LogP contribution in [0.4, 0.5) is 0 Å². The first-order valence-corrected chi connectivity index (χ1v) is 9.97. The molecule has 0 unspecified atom stereocenters. The third kappa shape index (κ3) is 3.45. The number of hydrogen-bond donors (Lipinski definition) is 0. The van der Waals surface area contributed by atoms with Crippen molar-refractivity contribution in [1.82, 2.24) is 19.8 Å². The quantitative estimate of drug-likeness (QED) is 0.476. The van der Waals surface area contributed by atoms with E-state index < -0.39 is 0 Å². The Morgan fingerprint density at radius 3 is 2.72 bits per heavy atom. The first-order chi connectivity index (χ1) is 12.2. The van der Waals surface area contributed by atoms with E-state index in [-0.39, 0.29) is 0 Å². The summed E-state index contributed by atoms with van der Waals surface area (Å²) in [6, 6.07) is 16.7. The maximum atomic E-state index is 4.72. The van der Waals surface area contributed by atoms with Crippen LogP contribution in [0.5, 0.6) is 0 Å². The molecule has 0 bridgehead atoms. The van der Waals surface area contributed by atoms with Gasteiger partial charge in [-0.25, -0.2) is 0 Å². The van der Waals surface area contributed by atoms with Crippen molar-refractivity contribution in [1.29, 1.82) is 0 Å². The summed E-state index contributed by atoms with van der Waals surface area (Å²) in [6.45, 7) is 4.30. The molecule has 0 N–H and O–H groups in total. The zero-order valence-corrected chi connectivity index (χ0v) is 15.8. The van der Waals surface area contributed by atoms with Crippen LogP contribution in [0, 0.1) is 13.8 Å². The van der Waals surface area contributed by atoms with Gasteiger partial charge in [-0.05, 0) is 25.5 Å². The molecule has 0 aliphatic heterocycles. The van der Waals surface area contributed by atoms with Crippen molar-refractivity contribution in [2.24, 2.45) is 0 Å². The lowest BCUT2D eigenvalue weighted by Gasteiger charge is -2.05. The van der Waals surface area contributed by atoms with Gasteiger partial charge >= 0.3 is 0 Å². The van der Waals surface area contributed by atoms with Crippen LogP contribution >= 0.6 is 23.1 Å². The molecule has 0 amide bonds. The van der Waals surface area contributed by atoms with Crippen LogP contribution in [0.15, 0.2) is 53.4 Å². The molecule has 6 heteroatoms. The lowest BCUT2D eigenvalue weighted by molar-refractivity contribution is 0.910. The minimum Gasteiger partial charge on any atom is -0.183 e. The van der Waals surface area contributed by atoms with Gasteiger partial charge in [0, 0.05) is 22.6 Å². The lowest BCUT2D eigenvalue weighted by atomic mass is 10.2. The average molecular weight is 367 g/mol. The molecule has 4 nitrogen and oxygen atoms in total. The van der Waals surface area contributed by atoms with Gasteiger partial charge in [-0.2, -0.15) is 9.61 Å². The zero-order chi connectivity index (χ0) is 17.2. The molecule has 2 aromatic carbocycles. The molecule has 2 aromatic heterocycles. The Morgan fingerprint density at radius 1 is 1.04 bits per heavy atom. The van der Waals surface area contributed by atoms with Crippen molar-refractivity contribution in [3.8, 4) is 11.4 Å². The standard InChI is InChI=1S/C19H18N4S2/c1-13-8-9-14(2)16(12-13)24-11-10-17-22-23-18(20-21-19(23)25-17)15-6-4-3-5-7-15/h3-9,12H,10-11H2,1-2H3. The van der Waals surface area contributed by atoms with E-state index >= 15 is 0 Å². The van der Waals surface area contributed by atoms with Gasteiger partial charge in [-0.15, -0.1) is 22.0 Å². The largest absolute Gasteiger partial charge is 0.234 e. The first kappa shape index (κ1) is 16.3. The van der Waals surface area contributed by atoms with Gasteiger partial charge in [0.05, 0.1) is 0 Å². The van der Waals surface area contributed by atoms with E-state index in [0.29, 0.717) is 0 Å². The molecular formula is C19H18N4S2. The molecule has 25 heavy (non-hydrogen) atoms. The summed E-state index contributed by atoms with van der Waals surface area (Å²) in [5.41, 5.74) is 3.68. The second-order valence-electron chi connectivity index (χ2n) is 5.95. The molecule has 2 heterocycles. The van der Waals surface area contributed by atoms with Crippen LogP contribution in [-0.4, -0.2) is 25.6 Å². The summed E-state index contributed by atoms with van der Waals surface area (Å²) in [5.74, 6) is 1.81. The highest BCUT2D eigenvalue weighted by molar-refractivity contribution is 7.99. The van der Waals surface area contributed by atoms with Crippen molar-refractivity contribution in [2.75, 3.05) is 5.75 Å². The summed E-state index contributed by atoms with van der Waals surface area (Å²) in [5, 5.41) is 14.4. The van der Waals surface area contributed by atoms with Crippen molar-refractivity contribution in [2.45, 2.75) is 25.2 Å². The van der Waals surface area contributed by atoms with Crippen LogP contribution in [0.3, 0.4) is 0 Å². The molecule has 0 saturated carbocycles. The smallest absolute Gasteiger partial charge is 0.183 e. The molecule has 126 valence electrons. The Hall–Kier alpha value is -2.18. The third-order valence-electron chi connectivity index (χ3n) is 3.98. The molecule has 0 saturated heterocycles. The van der Waals surface area contributed by atoms with E-state index in [1.165, 1.54) is 16.0 Å². The van der Waals surface area contributed by atoms with Crippen molar-refractivity contribution >= 4 is 28.1 Å². The first-order valence-electron chi connectivity index (χ1n) is 8.17. The highest BCUT2D eigenvalue weighted by atomic mass is 32.2. The molecule has 4 rings (SSSR count). The second kappa shape index (κ2) is 6.98. The number of rotatable bonds is 5. The number of hydrogen-bond acceptors (Lipinski definition) is 5. The third-order valence-corrected chi connectivity index (χ3v) is 6.10. The molecule has 0 aliphatic carbocycles. The SMILES string of the molecule is Cc1ccc(C)c(SCCc2nn3c(-c4ccccc4)nnc3s2)c1. The summed E-state index contributed by atoms with van der Waals surface area (Å²) in [7, 11) is 0. The van der Waals surface area contributed by atoms with Gasteiger partial charge in [0.25, 0.3) is 0 Å². The highest BCUT2D eigenvalue weighted by Gasteiger charge is 2.13. The van der Waals surface area contributed by atoms with E-state index in [1.807, 2.05) is 46.6 Å². The number of thioether (sulfide) groups is 1. The Balaban J connectivity index is 1.49. The normalized spacial score (nSPS) is 11.3. The van der Waals surface area contributed by atoms with E-state index in [1.54, 1.807) is 11.3 Å². The maximum absolute atomic E-state index is 4.72. The Labute approximate surface area is 154 Å². The topological polar surface area (TPSA) is 43.1 Å². The minimum absolute atomic E-state index is 0.806. The fourth-order valence-corrected chi connectivity index (χ4v) is 4.68. The number of aromatic nitrogens is 4. The predicted molar refractivity (Wildman–Crippen MR) is 104 cm³/mol. The van der Waals surface area contributed by atoms with Crippen LogP contribution in [-0.2, 0) is 6.42 Å². The summed E-state index contributed by atoms with van der Waals surface area (Å²) >= 11 is 3.51. The fourth-order valence-electron chi connectivity index (χ4n) is 2.64. The van der Waals surface area contributed by atoms with Crippen molar-refractivity contribution in [3.05, 3.63) is 64.7 Å². The number of fused-ring (bicyclic) bond motifs is 1. The van der Waals surface area contributed by atoms with E-state index in [2.05, 4.69) is 42.2 Å². The molecule has 0 fully saturated rings. The summed E-state index contributed by atoms with van der Waals surface area (Å²) < 4.78 is 1.86. The predicted octanol–water partition coefficient (Wildman–Crippen LogP) is 4.80. The van der Waals surface area contributed by atoms with Crippen LogP contribution in [0.1, 0.15) is 16.1 Å². The minimum atomic E-state index is 0.806. The molecule has 4 aromatic rings. The monoisotopic (exact) mass is 366 g/mol. The fraction of sp³-hybridized carbons (Fsp3) is 0.211. The zero-order valence-electron chi connectivity index (χ0n) is 14.1.